The molecule has 2 aromatic carbocycles. The molecule has 3 rings (SSSR count). The van der Waals surface area contributed by atoms with Gasteiger partial charge >= 0.3 is 0 Å². The Morgan fingerprint density at radius 2 is 1.15 bits per heavy atom. The van der Waals surface area contributed by atoms with Crippen LogP contribution in [0.1, 0.15) is 89.2 Å². The molecule has 0 spiro atoms. The van der Waals surface area contributed by atoms with Crippen LogP contribution in [-0.2, 0) is 12.8 Å². The Kier molecular flexibility index (Phi) is 11.2. The molecule has 0 radical (unpaired) electrons. The topological polar surface area (TPSA) is 25.8 Å². The van der Waals surface area contributed by atoms with E-state index < -0.39 is 6.17 Å². The minimum Gasteiger partial charge on any atom is -0.247 e. The second kappa shape index (κ2) is 14.7. The Balaban J connectivity index is 1.49. The summed E-state index contributed by atoms with van der Waals surface area (Å²) in [5.74, 6) is 0.775. The lowest BCUT2D eigenvalue weighted by molar-refractivity contribution is 0.290. The van der Waals surface area contributed by atoms with Gasteiger partial charge in [-0.3, -0.25) is 0 Å². The van der Waals surface area contributed by atoms with Crippen LogP contribution < -0.4 is 0 Å². The number of rotatable bonds is 15. The number of nitrogens with zero attached hydrogens (tertiary/aromatic N) is 2. The predicted octanol–water partition coefficient (Wildman–Crippen LogP) is 9.17. The van der Waals surface area contributed by atoms with Gasteiger partial charge in [-0.2, -0.15) is 0 Å². The molecule has 0 aliphatic heterocycles. The van der Waals surface area contributed by atoms with Gasteiger partial charge in [0.1, 0.15) is 6.17 Å². The molecule has 0 fully saturated rings. The lowest BCUT2D eigenvalue weighted by Crippen LogP contribution is -2.01. The van der Waals surface area contributed by atoms with Gasteiger partial charge in [-0.05, 0) is 54.4 Å². The van der Waals surface area contributed by atoms with Crippen LogP contribution in [0.4, 0.5) is 4.39 Å². The summed E-state index contributed by atoms with van der Waals surface area (Å²) in [6, 6.07) is 17.0. The lowest BCUT2D eigenvalue weighted by Gasteiger charge is -2.09. The van der Waals surface area contributed by atoms with Crippen molar-refractivity contribution >= 4 is 0 Å². The Morgan fingerprint density at radius 1 is 0.588 bits per heavy atom. The average molecular weight is 461 g/mol. The number of benzene rings is 2. The molecule has 0 unspecified atom stereocenters. The van der Waals surface area contributed by atoms with E-state index >= 15 is 0 Å². The van der Waals surface area contributed by atoms with Crippen LogP contribution in [-0.4, -0.2) is 16.1 Å². The molecule has 3 aromatic rings. The number of unbranched alkanes of at least 4 members (excludes halogenated alkanes) is 6. The molecule has 0 aliphatic rings. The Bertz CT molecular complexity index is 933. The molecule has 0 bridgehead atoms. The van der Waals surface area contributed by atoms with E-state index in [0.717, 1.165) is 37.1 Å². The zero-order valence-electron chi connectivity index (χ0n) is 21.1. The first-order valence-electron chi connectivity index (χ1n) is 13.3. The van der Waals surface area contributed by atoms with Crippen LogP contribution in [0.3, 0.4) is 0 Å². The zero-order valence-corrected chi connectivity index (χ0v) is 21.1. The zero-order chi connectivity index (χ0) is 24.0. The fourth-order valence-corrected chi connectivity index (χ4v) is 4.31. The maximum absolute atomic E-state index is 13.9. The summed E-state index contributed by atoms with van der Waals surface area (Å²) in [6.45, 7) is 4.36. The first-order chi connectivity index (χ1) is 16.7. The third kappa shape index (κ3) is 8.66. The molecule has 0 amide bonds. The maximum Gasteiger partial charge on any atom is 0.159 e. The lowest BCUT2D eigenvalue weighted by atomic mass is 9.99. The average Bonchev–Trinajstić information content (AvgIpc) is 2.89. The fourth-order valence-electron chi connectivity index (χ4n) is 4.31. The van der Waals surface area contributed by atoms with Crippen molar-refractivity contribution in [3.63, 3.8) is 0 Å². The van der Waals surface area contributed by atoms with Crippen molar-refractivity contribution in [2.45, 2.75) is 97.1 Å². The second-order valence-electron chi connectivity index (χ2n) is 9.49. The molecule has 182 valence electrons. The number of hydrogen-bond acceptors (Lipinski definition) is 2. The van der Waals surface area contributed by atoms with E-state index in [1.165, 1.54) is 60.8 Å². The minimum absolute atomic E-state index is 0.617. The van der Waals surface area contributed by atoms with E-state index in [1.807, 2.05) is 12.4 Å². The first kappa shape index (κ1) is 26.1. The van der Waals surface area contributed by atoms with Gasteiger partial charge in [0.2, 0.25) is 0 Å². The highest BCUT2D eigenvalue weighted by atomic mass is 19.1. The van der Waals surface area contributed by atoms with Gasteiger partial charge in [0, 0.05) is 18.0 Å². The molecule has 1 heterocycles. The van der Waals surface area contributed by atoms with Crippen LogP contribution >= 0.6 is 0 Å². The summed E-state index contributed by atoms with van der Waals surface area (Å²) in [5.41, 5.74) is 5.80. The maximum atomic E-state index is 13.9. The number of aryl methyl sites for hydroxylation is 2. The Labute approximate surface area is 206 Å². The Hall–Kier alpha value is -2.55. The number of hydrogen-bond donors (Lipinski definition) is 0. The molecule has 0 N–H and O–H groups in total. The van der Waals surface area contributed by atoms with Gasteiger partial charge < -0.3 is 0 Å². The number of aromatic nitrogens is 2. The van der Waals surface area contributed by atoms with E-state index in [4.69, 9.17) is 0 Å². The van der Waals surface area contributed by atoms with Crippen LogP contribution in [0.2, 0.25) is 0 Å². The van der Waals surface area contributed by atoms with Crippen molar-refractivity contribution in [2.75, 3.05) is 0 Å². The minimum atomic E-state index is -0.681. The molecular formula is C31H41FN2. The highest BCUT2D eigenvalue weighted by molar-refractivity contribution is 5.67. The highest BCUT2D eigenvalue weighted by Gasteiger charge is 2.07. The SMILES string of the molecule is CCCCCCCCc1cnc(-c2ccc(-c3ccc(CC[C@@H](F)CCCC)cc3)cc2)nc1. The standard InChI is InChI=1S/C31H41FN2/c1-3-5-7-8-9-10-11-26-23-33-31(34-24-26)29-20-18-28(19-21-29)27-16-13-25(14-17-27)15-22-30(32)12-6-4-2/h13-14,16-21,23-24,30H,3-12,15,22H2,1-2H3/t30-/m0/s1. The van der Waals surface area contributed by atoms with Gasteiger partial charge in [0.15, 0.2) is 5.82 Å². The van der Waals surface area contributed by atoms with E-state index in [0.29, 0.717) is 12.8 Å². The summed E-state index contributed by atoms with van der Waals surface area (Å²) in [4.78, 5) is 9.21. The fraction of sp³-hybridized carbons (Fsp3) is 0.484. The van der Waals surface area contributed by atoms with Crippen molar-refractivity contribution < 1.29 is 4.39 Å². The second-order valence-corrected chi connectivity index (χ2v) is 9.49. The van der Waals surface area contributed by atoms with Crippen LogP contribution in [0, 0.1) is 0 Å². The normalized spacial score (nSPS) is 12.1. The van der Waals surface area contributed by atoms with E-state index in [2.05, 4.69) is 72.3 Å². The van der Waals surface area contributed by atoms with Gasteiger partial charge in [0.25, 0.3) is 0 Å². The molecule has 2 nitrogen and oxygen atoms in total. The Morgan fingerprint density at radius 3 is 1.79 bits per heavy atom. The molecule has 0 aliphatic carbocycles. The van der Waals surface area contributed by atoms with Crippen molar-refractivity contribution in [3.8, 4) is 22.5 Å². The predicted molar refractivity (Wildman–Crippen MR) is 143 cm³/mol. The van der Waals surface area contributed by atoms with Crippen LogP contribution in [0.25, 0.3) is 22.5 Å². The van der Waals surface area contributed by atoms with Crippen molar-refractivity contribution in [2.24, 2.45) is 0 Å². The summed E-state index contributed by atoms with van der Waals surface area (Å²) in [5, 5.41) is 0. The van der Waals surface area contributed by atoms with E-state index in [9.17, 15) is 4.39 Å². The molecule has 0 saturated carbocycles. The van der Waals surface area contributed by atoms with E-state index in [1.54, 1.807) is 0 Å². The molecule has 1 aromatic heterocycles. The van der Waals surface area contributed by atoms with Crippen molar-refractivity contribution in [1.29, 1.82) is 0 Å². The summed E-state index contributed by atoms with van der Waals surface area (Å²) >= 11 is 0. The molecule has 1 atom stereocenters. The third-order valence-electron chi connectivity index (χ3n) is 6.57. The van der Waals surface area contributed by atoms with Gasteiger partial charge in [-0.1, -0.05) is 107 Å². The van der Waals surface area contributed by atoms with Crippen molar-refractivity contribution in [1.82, 2.24) is 9.97 Å². The number of halogens is 1. The monoisotopic (exact) mass is 460 g/mol. The molecular weight excluding hydrogens is 419 g/mol. The van der Waals surface area contributed by atoms with Crippen molar-refractivity contribution in [3.05, 3.63) is 72.1 Å². The third-order valence-corrected chi connectivity index (χ3v) is 6.57. The smallest absolute Gasteiger partial charge is 0.159 e. The van der Waals surface area contributed by atoms with E-state index in [-0.39, 0.29) is 0 Å². The summed E-state index contributed by atoms with van der Waals surface area (Å²) in [7, 11) is 0. The molecule has 0 saturated heterocycles. The largest absolute Gasteiger partial charge is 0.247 e. The van der Waals surface area contributed by atoms with Crippen LogP contribution in [0.15, 0.2) is 60.9 Å². The quantitative estimate of drug-likeness (QED) is 0.211. The van der Waals surface area contributed by atoms with Gasteiger partial charge in [0.05, 0.1) is 0 Å². The summed E-state index contributed by atoms with van der Waals surface area (Å²) < 4.78 is 13.9. The summed E-state index contributed by atoms with van der Waals surface area (Å²) in [6.07, 6.45) is 16.3. The highest BCUT2D eigenvalue weighted by Crippen LogP contribution is 2.24. The van der Waals surface area contributed by atoms with Crippen LogP contribution in [0.5, 0.6) is 0 Å². The number of alkyl halides is 1. The van der Waals surface area contributed by atoms with Gasteiger partial charge in [-0.25, -0.2) is 14.4 Å². The van der Waals surface area contributed by atoms with Gasteiger partial charge in [-0.15, -0.1) is 0 Å². The molecule has 3 heteroatoms. The first-order valence-corrected chi connectivity index (χ1v) is 13.3. The molecule has 34 heavy (non-hydrogen) atoms.